The van der Waals surface area contributed by atoms with Crippen LogP contribution in [-0.2, 0) is 19.1 Å². The van der Waals surface area contributed by atoms with E-state index in [0.717, 1.165) is 86.9 Å². The summed E-state index contributed by atoms with van der Waals surface area (Å²) < 4.78 is 10.9. The Labute approximate surface area is 247 Å². The van der Waals surface area contributed by atoms with Crippen molar-refractivity contribution in [1.29, 1.82) is 0 Å². The fourth-order valence-electron chi connectivity index (χ4n) is 9.01. The Morgan fingerprint density at radius 1 is 0.625 bits per heavy atom. The Kier molecular flexibility index (Phi) is 15.8. The van der Waals surface area contributed by atoms with Crippen LogP contribution in [0.4, 0.5) is 0 Å². The first-order valence-corrected chi connectivity index (χ1v) is 17.6. The molecular formula is C36H64O4. The van der Waals surface area contributed by atoms with Crippen molar-refractivity contribution in [2.24, 2.45) is 35.5 Å². The average Bonchev–Trinajstić information content (AvgIpc) is 3.38. The number of ether oxygens (including phenoxy) is 2. The molecule has 0 N–H and O–H groups in total. The van der Waals surface area contributed by atoms with Gasteiger partial charge in [0, 0.05) is 39.9 Å². The zero-order chi connectivity index (χ0) is 28.7. The summed E-state index contributed by atoms with van der Waals surface area (Å²) in [5.74, 6) is 6.02. The van der Waals surface area contributed by atoms with Gasteiger partial charge >= 0.3 is 0 Å². The fourth-order valence-corrected chi connectivity index (χ4v) is 9.01. The third-order valence-electron chi connectivity index (χ3n) is 11.5. The number of ketones is 2. The Balaban J connectivity index is 0.000000220. The second kappa shape index (κ2) is 18.7. The van der Waals surface area contributed by atoms with Crippen molar-refractivity contribution in [2.75, 3.05) is 14.2 Å². The predicted molar refractivity (Wildman–Crippen MR) is 165 cm³/mol. The standard InChI is InChI=1S/2C18H32O2/c1-3-17(20-2)10-5-4-7-14-11-12-15-8-6-9-16(19)13-18(14)15;1-3-17(20-2)9-5-4-7-14-11-12-15-13-16(19)8-6-10-18(14)15/h2*14-15,17-18H,3-13H2,1-2H3. The number of fused-ring (bicyclic) bond motifs is 2. The number of carbonyl (C=O) groups is 2. The van der Waals surface area contributed by atoms with E-state index in [1.54, 1.807) is 0 Å². The van der Waals surface area contributed by atoms with Crippen LogP contribution in [0.15, 0.2) is 0 Å². The molecule has 0 amide bonds. The van der Waals surface area contributed by atoms with Gasteiger partial charge in [-0.1, -0.05) is 52.4 Å². The van der Waals surface area contributed by atoms with Gasteiger partial charge < -0.3 is 9.47 Å². The summed E-state index contributed by atoms with van der Waals surface area (Å²) in [4.78, 5) is 23.6. The van der Waals surface area contributed by atoms with E-state index in [1.165, 1.54) is 89.9 Å². The summed E-state index contributed by atoms with van der Waals surface area (Å²) in [6.45, 7) is 4.41. The molecule has 40 heavy (non-hydrogen) atoms. The van der Waals surface area contributed by atoms with E-state index in [2.05, 4.69) is 13.8 Å². The second-order valence-corrected chi connectivity index (χ2v) is 13.9. The van der Waals surface area contributed by atoms with Crippen LogP contribution in [0.3, 0.4) is 0 Å². The molecule has 232 valence electrons. The third kappa shape index (κ3) is 10.8. The van der Waals surface area contributed by atoms with Crippen molar-refractivity contribution in [2.45, 2.75) is 167 Å². The van der Waals surface area contributed by atoms with Gasteiger partial charge in [0.15, 0.2) is 0 Å². The lowest BCUT2D eigenvalue weighted by atomic mass is 9.83. The summed E-state index contributed by atoms with van der Waals surface area (Å²) in [6, 6.07) is 0. The van der Waals surface area contributed by atoms with Crippen LogP contribution in [0.2, 0.25) is 0 Å². The summed E-state index contributed by atoms with van der Waals surface area (Å²) in [7, 11) is 3.66. The molecule has 0 radical (unpaired) electrons. The lowest BCUT2D eigenvalue weighted by Crippen LogP contribution is -2.17. The van der Waals surface area contributed by atoms with E-state index in [4.69, 9.17) is 9.47 Å². The molecular weight excluding hydrogens is 496 g/mol. The molecule has 0 aromatic rings. The number of carbonyl (C=O) groups excluding carboxylic acids is 2. The Morgan fingerprint density at radius 3 is 1.73 bits per heavy atom. The molecule has 0 spiro atoms. The molecule has 0 aliphatic heterocycles. The van der Waals surface area contributed by atoms with Crippen LogP contribution in [0.25, 0.3) is 0 Å². The molecule has 0 aromatic heterocycles. The topological polar surface area (TPSA) is 52.6 Å². The number of hydrogen-bond acceptors (Lipinski definition) is 4. The Morgan fingerprint density at radius 2 is 1.15 bits per heavy atom. The monoisotopic (exact) mass is 560 g/mol. The van der Waals surface area contributed by atoms with Gasteiger partial charge in [0.05, 0.1) is 12.2 Å². The molecule has 0 aromatic carbocycles. The van der Waals surface area contributed by atoms with Crippen LogP contribution in [0.5, 0.6) is 0 Å². The van der Waals surface area contributed by atoms with E-state index in [1.807, 2.05) is 14.2 Å². The number of unbranched alkanes of at least 4 members (excludes halogenated alkanes) is 2. The lowest BCUT2D eigenvalue weighted by molar-refractivity contribution is -0.120. The molecule has 8 unspecified atom stereocenters. The number of Topliss-reactive ketones (excluding diaryl/α,β-unsaturated/α-hetero) is 2. The lowest BCUT2D eigenvalue weighted by Gasteiger charge is -2.22. The van der Waals surface area contributed by atoms with Crippen LogP contribution in [-0.4, -0.2) is 38.0 Å². The van der Waals surface area contributed by atoms with Gasteiger partial charge in [-0.2, -0.15) is 0 Å². The number of methoxy groups -OCH3 is 2. The van der Waals surface area contributed by atoms with Crippen molar-refractivity contribution < 1.29 is 19.1 Å². The van der Waals surface area contributed by atoms with Crippen LogP contribution < -0.4 is 0 Å². The quantitative estimate of drug-likeness (QED) is 0.199. The Hall–Kier alpha value is -0.740. The van der Waals surface area contributed by atoms with Gasteiger partial charge in [-0.15, -0.1) is 0 Å². The molecule has 4 aliphatic carbocycles. The fraction of sp³-hybridized carbons (Fsp3) is 0.944. The summed E-state index contributed by atoms with van der Waals surface area (Å²) >= 11 is 0. The van der Waals surface area contributed by atoms with Crippen LogP contribution >= 0.6 is 0 Å². The first-order chi connectivity index (χ1) is 19.5. The van der Waals surface area contributed by atoms with Gasteiger partial charge in [-0.05, 0) is 113 Å². The summed E-state index contributed by atoms with van der Waals surface area (Å²) in [5.41, 5.74) is 0. The van der Waals surface area contributed by atoms with Crippen molar-refractivity contribution in [3.05, 3.63) is 0 Å². The van der Waals surface area contributed by atoms with Crippen molar-refractivity contribution in [1.82, 2.24) is 0 Å². The SMILES string of the molecule is CCC(CCCCC1CCC2CC(=O)CCCC12)OC.CCC(CCCCC1CCC2CCCC(=O)CC12)OC. The highest BCUT2D eigenvalue weighted by Crippen LogP contribution is 2.47. The summed E-state index contributed by atoms with van der Waals surface area (Å²) in [5, 5.41) is 0. The molecule has 4 fully saturated rings. The molecule has 4 rings (SSSR count). The predicted octanol–water partition coefficient (Wildman–Crippen LogP) is 9.51. The maximum atomic E-state index is 11.9. The molecule has 4 nitrogen and oxygen atoms in total. The molecule has 0 heterocycles. The largest absolute Gasteiger partial charge is 0.381 e. The minimum Gasteiger partial charge on any atom is -0.381 e. The smallest absolute Gasteiger partial charge is 0.133 e. The van der Waals surface area contributed by atoms with Crippen LogP contribution in [0, 0.1) is 35.5 Å². The first-order valence-electron chi connectivity index (χ1n) is 17.6. The minimum absolute atomic E-state index is 0.450. The minimum atomic E-state index is 0.450. The van der Waals surface area contributed by atoms with E-state index < -0.39 is 0 Å². The van der Waals surface area contributed by atoms with E-state index in [-0.39, 0.29) is 0 Å². The molecule has 0 saturated heterocycles. The molecule has 0 bridgehead atoms. The summed E-state index contributed by atoms with van der Waals surface area (Å²) in [6.07, 6.45) is 27.5. The van der Waals surface area contributed by atoms with Gasteiger partial charge in [-0.25, -0.2) is 0 Å². The van der Waals surface area contributed by atoms with Gasteiger partial charge in [-0.3, -0.25) is 9.59 Å². The van der Waals surface area contributed by atoms with Crippen molar-refractivity contribution in [3.63, 3.8) is 0 Å². The highest BCUT2D eigenvalue weighted by molar-refractivity contribution is 5.79. The van der Waals surface area contributed by atoms with E-state index in [9.17, 15) is 9.59 Å². The Bertz CT molecular complexity index is 712. The van der Waals surface area contributed by atoms with Gasteiger partial charge in [0.1, 0.15) is 11.6 Å². The molecule has 4 aliphatic rings. The number of hydrogen-bond donors (Lipinski definition) is 0. The zero-order valence-electron chi connectivity index (χ0n) is 26.8. The third-order valence-corrected chi connectivity index (χ3v) is 11.5. The van der Waals surface area contributed by atoms with Crippen molar-refractivity contribution in [3.8, 4) is 0 Å². The van der Waals surface area contributed by atoms with Crippen LogP contribution in [0.1, 0.15) is 155 Å². The highest BCUT2D eigenvalue weighted by Gasteiger charge is 2.38. The van der Waals surface area contributed by atoms with Crippen molar-refractivity contribution >= 4 is 11.6 Å². The van der Waals surface area contributed by atoms with Gasteiger partial charge in [0.25, 0.3) is 0 Å². The maximum absolute atomic E-state index is 11.9. The molecule has 4 saturated carbocycles. The zero-order valence-corrected chi connectivity index (χ0v) is 26.8. The van der Waals surface area contributed by atoms with Gasteiger partial charge in [0.2, 0.25) is 0 Å². The van der Waals surface area contributed by atoms with E-state index >= 15 is 0 Å². The maximum Gasteiger partial charge on any atom is 0.133 e. The first kappa shape index (κ1) is 33.8. The number of rotatable bonds is 14. The second-order valence-electron chi connectivity index (χ2n) is 13.9. The van der Waals surface area contributed by atoms with E-state index in [0.29, 0.717) is 23.8 Å². The normalized spacial score (nSPS) is 31.9. The molecule has 4 heteroatoms. The average molecular weight is 561 g/mol. The molecule has 8 atom stereocenters. The highest BCUT2D eigenvalue weighted by atomic mass is 16.5.